The topological polar surface area (TPSA) is 52.6 Å². The van der Waals surface area contributed by atoms with Crippen LogP contribution < -0.4 is 0 Å². The Labute approximate surface area is 80.1 Å². The van der Waals surface area contributed by atoms with Crippen molar-refractivity contribution in [2.45, 2.75) is 37.3 Å². The van der Waals surface area contributed by atoms with E-state index in [0.717, 1.165) is 12.8 Å². The van der Waals surface area contributed by atoms with E-state index in [-0.39, 0.29) is 6.61 Å². The molecule has 0 aromatic carbocycles. The molecule has 0 aromatic rings. The molecule has 1 rings (SSSR count). The molecule has 0 spiro atoms. The molecule has 0 aromatic heterocycles. The fourth-order valence-electron chi connectivity index (χ4n) is 0.742. The van der Waals surface area contributed by atoms with E-state index < -0.39 is 14.8 Å². The summed E-state index contributed by atoms with van der Waals surface area (Å²) >= 11 is 0. The largest absolute Gasteiger partial charge is 0.290 e. The second-order valence-electron chi connectivity index (χ2n) is 3.26. The third-order valence-electron chi connectivity index (χ3n) is 1.96. The van der Waals surface area contributed by atoms with Crippen molar-refractivity contribution < 1.29 is 17.6 Å². The molecule has 0 atom stereocenters. The first kappa shape index (κ1) is 11.0. The SMILES string of the molecule is [B]C1(S(=O)(=O)OOCCCC)CC1. The first-order valence-electron chi connectivity index (χ1n) is 4.36. The van der Waals surface area contributed by atoms with Crippen LogP contribution >= 0.6 is 0 Å². The number of hydrogen-bond donors (Lipinski definition) is 0. The minimum atomic E-state index is -3.71. The van der Waals surface area contributed by atoms with Gasteiger partial charge < -0.3 is 0 Å². The average Bonchev–Trinajstić information content (AvgIpc) is 2.79. The first-order valence-corrected chi connectivity index (χ1v) is 5.77. The predicted molar refractivity (Wildman–Crippen MR) is 48.6 cm³/mol. The van der Waals surface area contributed by atoms with Crippen LogP contribution in [0.2, 0.25) is 0 Å². The summed E-state index contributed by atoms with van der Waals surface area (Å²) in [6.45, 7) is 2.26. The molecule has 0 unspecified atom stereocenters. The highest BCUT2D eigenvalue weighted by molar-refractivity contribution is 7.89. The van der Waals surface area contributed by atoms with Gasteiger partial charge in [-0.3, -0.25) is 0 Å². The fraction of sp³-hybridized carbons (Fsp3) is 1.00. The summed E-state index contributed by atoms with van der Waals surface area (Å²) in [5.74, 6) is 0. The van der Waals surface area contributed by atoms with Gasteiger partial charge in [0.1, 0.15) is 0 Å². The summed E-state index contributed by atoms with van der Waals surface area (Å²) in [6, 6.07) is 0. The highest BCUT2D eigenvalue weighted by atomic mass is 32.2. The van der Waals surface area contributed by atoms with Crippen LogP contribution in [0.4, 0.5) is 0 Å². The third-order valence-corrected chi connectivity index (χ3v) is 3.64. The summed E-state index contributed by atoms with van der Waals surface area (Å²) in [6.07, 6.45) is 2.60. The molecule has 1 aliphatic rings. The second-order valence-corrected chi connectivity index (χ2v) is 5.12. The highest BCUT2D eigenvalue weighted by Gasteiger charge is 2.51. The fourth-order valence-corrected chi connectivity index (χ4v) is 1.67. The van der Waals surface area contributed by atoms with Gasteiger partial charge in [-0.15, -0.1) is 4.33 Å². The molecule has 0 amide bonds. The van der Waals surface area contributed by atoms with Crippen LogP contribution in [-0.4, -0.2) is 27.5 Å². The summed E-state index contributed by atoms with van der Waals surface area (Å²) in [4.78, 5) is 4.54. The molecule has 1 aliphatic carbocycles. The number of hydrogen-bond acceptors (Lipinski definition) is 4. The van der Waals surface area contributed by atoms with Crippen LogP contribution in [0, 0.1) is 0 Å². The van der Waals surface area contributed by atoms with Gasteiger partial charge in [0.05, 0.1) is 19.1 Å². The van der Waals surface area contributed by atoms with E-state index in [2.05, 4.69) is 9.22 Å². The molecule has 0 bridgehead atoms. The summed E-state index contributed by atoms with van der Waals surface area (Å²) in [5.41, 5.74) is 0. The van der Waals surface area contributed by atoms with Crippen molar-refractivity contribution in [1.82, 2.24) is 0 Å². The Hall–Kier alpha value is -0.0651. The monoisotopic (exact) mass is 204 g/mol. The van der Waals surface area contributed by atoms with Gasteiger partial charge >= 0.3 is 0 Å². The first-order chi connectivity index (χ1) is 6.02. The second kappa shape index (κ2) is 3.98. The van der Waals surface area contributed by atoms with Crippen LogP contribution in [-0.2, 0) is 19.3 Å². The van der Waals surface area contributed by atoms with Crippen molar-refractivity contribution >= 4 is 18.0 Å². The zero-order valence-electron chi connectivity index (χ0n) is 7.65. The van der Waals surface area contributed by atoms with Gasteiger partial charge in [0.25, 0.3) is 10.1 Å². The van der Waals surface area contributed by atoms with E-state index in [1.165, 1.54) is 0 Å². The Morgan fingerprint density at radius 1 is 1.46 bits per heavy atom. The van der Waals surface area contributed by atoms with Gasteiger partial charge in [0, 0.05) is 0 Å². The molecule has 0 heterocycles. The molecule has 0 aliphatic heterocycles. The van der Waals surface area contributed by atoms with E-state index in [0.29, 0.717) is 12.8 Å². The molecule has 4 nitrogen and oxygen atoms in total. The quantitative estimate of drug-likeness (QED) is 0.277. The van der Waals surface area contributed by atoms with Crippen LogP contribution in [0.1, 0.15) is 32.6 Å². The van der Waals surface area contributed by atoms with Crippen molar-refractivity contribution in [2.75, 3.05) is 6.61 Å². The molecule has 13 heavy (non-hydrogen) atoms. The Balaban J connectivity index is 2.28. The molecule has 2 radical (unpaired) electrons. The van der Waals surface area contributed by atoms with Crippen molar-refractivity contribution in [3.63, 3.8) is 0 Å². The predicted octanol–water partition coefficient (Wildman–Crippen LogP) is 0.723. The maximum atomic E-state index is 11.2. The average molecular weight is 204 g/mol. The molecule has 1 saturated carbocycles. The molecule has 0 N–H and O–H groups in total. The lowest BCUT2D eigenvalue weighted by molar-refractivity contribution is -0.202. The number of unbranched alkanes of at least 4 members (excludes halogenated alkanes) is 1. The van der Waals surface area contributed by atoms with Crippen molar-refractivity contribution in [3.8, 4) is 0 Å². The molecular formula is C7H13BO4S. The van der Waals surface area contributed by atoms with E-state index in [4.69, 9.17) is 7.85 Å². The lowest BCUT2D eigenvalue weighted by Crippen LogP contribution is -2.25. The van der Waals surface area contributed by atoms with E-state index in [1.807, 2.05) is 6.92 Å². The van der Waals surface area contributed by atoms with E-state index in [9.17, 15) is 8.42 Å². The maximum Gasteiger partial charge on any atom is 0.290 e. The van der Waals surface area contributed by atoms with Crippen molar-refractivity contribution in [2.24, 2.45) is 0 Å². The minimum Gasteiger partial charge on any atom is -0.220 e. The highest BCUT2D eigenvalue weighted by Crippen LogP contribution is 2.40. The van der Waals surface area contributed by atoms with Crippen LogP contribution in [0.25, 0.3) is 0 Å². The number of rotatable bonds is 6. The zero-order chi connectivity index (χ0) is 9.95. The van der Waals surface area contributed by atoms with Gasteiger partial charge in [-0.25, -0.2) is 4.89 Å². The van der Waals surface area contributed by atoms with Crippen LogP contribution in [0.3, 0.4) is 0 Å². The van der Waals surface area contributed by atoms with E-state index >= 15 is 0 Å². The van der Waals surface area contributed by atoms with Gasteiger partial charge in [-0.05, 0) is 19.3 Å². The lowest BCUT2D eigenvalue weighted by Gasteiger charge is -2.09. The third kappa shape index (κ3) is 2.69. The van der Waals surface area contributed by atoms with Crippen molar-refractivity contribution in [3.05, 3.63) is 0 Å². The van der Waals surface area contributed by atoms with Crippen molar-refractivity contribution in [1.29, 1.82) is 0 Å². The van der Waals surface area contributed by atoms with Crippen LogP contribution in [0.5, 0.6) is 0 Å². The molecule has 74 valence electrons. The van der Waals surface area contributed by atoms with Crippen LogP contribution in [0.15, 0.2) is 0 Å². The normalized spacial score (nSPS) is 20.1. The maximum absolute atomic E-state index is 11.2. The summed E-state index contributed by atoms with van der Waals surface area (Å²) < 4.78 is 25.5. The minimum absolute atomic E-state index is 0.284. The Bertz CT molecular complexity index is 258. The zero-order valence-corrected chi connectivity index (χ0v) is 8.47. The van der Waals surface area contributed by atoms with Gasteiger partial charge in [-0.2, -0.15) is 8.42 Å². The standard InChI is InChI=1S/C7H13BO4S/c1-2-3-6-11-12-13(9,10)7(8)4-5-7/h2-6H2,1H3. The Morgan fingerprint density at radius 3 is 2.54 bits per heavy atom. The lowest BCUT2D eigenvalue weighted by atomic mass is 10.0. The van der Waals surface area contributed by atoms with Gasteiger partial charge in [0.2, 0.25) is 0 Å². The summed E-state index contributed by atoms with van der Waals surface area (Å²) in [7, 11) is 1.73. The van der Waals surface area contributed by atoms with Gasteiger partial charge in [-0.1, -0.05) is 13.3 Å². The Morgan fingerprint density at radius 2 is 2.08 bits per heavy atom. The van der Waals surface area contributed by atoms with Gasteiger partial charge in [0.15, 0.2) is 0 Å². The smallest absolute Gasteiger partial charge is 0.220 e. The Kier molecular flexibility index (Phi) is 3.37. The molecule has 6 heteroatoms. The molecule has 0 saturated heterocycles. The van der Waals surface area contributed by atoms with E-state index in [1.54, 1.807) is 0 Å². The summed E-state index contributed by atoms with van der Waals surface area (Å²) in [5, 5.41) is 0. The molecular weight excluding hydrogens is 191 g/mol. The molecule has 1 fully saturated rings.